The summed E-state index contributed by atoms with van der Waals surface area (Å²) in [6, 6.07) is 13.5. The third-order valence-electron chi connectivity index (χ3n) is 17.2. The summed E-state index contributed by atoms with van der Waals surface area (Å²) in [6.07, 6.45) is 2.47. The lowest BCUT2D eigenvalue weighted by Crippen LogP contribution is -2.65. The summed E-state index contributed by atoms with van der Waals surface area (Å²) in [6.45, 7) is 27.9. The number of aliphatic carboxylic acids is 1. The number of piperazine rings is 1. The summed E-state index contributed by atoms with van der Waals surface area (Å²) in [5.41, 5.74) is 8.08. The molecule has 25 heteroatoms. The maximum absolute atomic E-state index is 13.8. The average molecular weight is 1350 g/mol. The minimum absolute atomic E-state index is 0.00198. The van der Waals surface area contributed by atoms with Crippen molar-refractivity contribution < 1.29 is 76.6 Å². The van der Waals surface area contributed by atoms with Crippen LogP contribution in [0.15, 0.2) is 54.6 Å². The second-order valence-electron chi connectivity index (χ2n) is 28.5. The van der Waals surface area contributed by atoms with Gasteiger partial charge in [0, 0.05) is 93.3 Å². The van der Waals surface area contributed by atoms with E-state index in [9.17, 15) is 38.4 Å². The van der Waals surface area contributed by atoms with Crippen LogP contribution in [0.4, 0.5) is 9.59 Å². The fourth-order valence-electron chi connectivity index (χ4n) is 12.9. The Labute approximate surface area is 567 Å². The molecule has 0 spiro atoms. The lowest BCUT2D eigenvalue weighted by Gasteiger charge is -2.46. The van der Waals surface area contributed by atoms with Gasteiger partial charge in [-0.2, -0.15) is 0 Å². The van der Waals surface area contributed by atoms with Gasteiger partial charge in [0.1, 0.15) is 64.7 Å². The molecule has 3 aromatic heterocycles. The summed E-state index contributed by atoms with van der Waals surface area (Å²) in [5.74, 6) is 1.27. The maximum atomic E-state index is 13.8. The van der Waals surface area contributed by atoms with Crippen molar-refractivity contribution in [1.29, 1.82) is 0 Å². The molecule has 0 aliphatic carbocycles. The number of aromatic amines is 3. The number of alkyl carbamates (subject to hydrolysis) is 2. The lowest BCUT2D eigenvalue weighted by atomic mass is 9.85. The first-order valence-corrected chi connectivity index (χ1v) is 33.2. The Morgan fingerprint density at radius 1 is 0.567 bits per heavy atom. The first kappa shape index (κ1) is 75.4. The highest BCUT2D eigenvalue weighted by atomic mass is 16.6. The van der Waals surface area contributed by atoms with Gasteiger partial charge in [-0.1, -0.05) is 41.5 Å². The molecule has 0 bridgehead atoms. The Kier molecular flexibility index (Phi) is 24.5. The van der Waals surface area contributed by atoms with Crippen LogP contribution in [-0.4, -0.2) is 161 Å². The number of carboxylic acids is 1. The molecule has 1 saturated heterocycles. The molecule has 97 heavy (non-hydrogen) atoms. The number of carboxylic acid groups (broad SMARTS) is 1. The summed E-state index contributed by atoms with van der Waals surface area (Å²) < 4.78 is 36.3. The summed E-state index contributed by atoms with van der Waals surface area (Å²) in [7, 11) is 7.69. The minimum atomic E-state index is -1.09. The van der Waals surface area contributed by atoms with E-state index < -0.39 is 71.6 Å². The average Bonchev–Trinajstić information content (AvgIpc) is 1.68. The van der Waals surface area contributed by atoms with Crippen molar-refractivity contribution >= 4 is 80.5 Å². The third kappa shape index (κ3) is 18.2. The molecule has 6 aromatic rings. The number of hydrogen-bond donors (Lipinski definition) is 8. The van der Waals surface area contributed by atoms with E-state index in [2.05, 4.69) is 83.8 Å². The van der Waals surface area contributed by atoms with Gasteiger partial charge in [0.05, 0.1) is 47.6 Å². The van der Waals surface area contributed by atoms with Crippen molar-refractivity contribution in [1.82, 2.24) is 46.0 Å². The van der Waals surface area contributed by atoms with Gasteiger partial charge in [-0.25, -0.2) is 14.4 Å². The Bertz CT molecular complexity index is 3830. The van der Waals surface area contributed by atoms with E-state index in [1.165, 1.54) is 32.4 Å². The number of benzene rings is 3. The molecule has 10 rings (SSSR count). The van der Waals surface area contributed by atoms with Crippen LogP contribution in [-0.2, 0) is 67.0 Å². The largest absolute Gasteiger partial charge is 0.497 e. The van der Waals surface area contributed by atoms with Crippen LogP contribution in [0.25, 0.3) is 32.7 Å². The first-order chi connectivity index (χ1) is 45.5. The fourth-order valence-corrected chi connectivity index (χ4v) is 12.9. The van der Waals surface area contributed by atoms with Crippen molar-refractivity contribution in [2.75, 3.05) is 35.5 Å². The van der Waals surface area contributed by atoms with Crippen LogP contribution in [0, 0.1) is 17.8 Å². The number of carbonyl (C=O) groups is 8. The van der Waals surface area contributed by atoms with Gasteiger partial charge < -0.3 is 79.0 Å². The number of carbonyl (C=O) groups excluding carboxylic acids is 7. The standard InChI is InChI=1S/C26H37N3O6.C20H25N3O3.C18H24N2O3.C8H15NO4/c1-14(2)11-20-22-18(17-10-9-16(33-7)12-19(17)28-22)13-21(24(31)34-8)29(20)23(30)15(3)27-25(32)35-26(4,5)6;1-10(2)7-16-18-14(13-6-5-12(26-4)8-15(13)22-18)9-17-19(24)21-11(3)20(25)23(16)17;1-10(2)7-15-17-13(9-16(19-15)18(21)23-4)12-6-5-11(22-3)8-14(12)20-17;1-5(6(10)11)9-7(12)13-8(2,3)4/h9-10,12,14-15,20-21,28H,11,13H2,1-8H3,(H,27,32);5-6,8,10-11,16-17,22H,7,9H2,1-4H3,(H,21,24);5-6,8,10,15-16,19-20H,7,9H2,1-4H3;5H,1-4H3,(H,9,12)(H,10,11)/t15-,20-,21+;11-,16-,17+;15-,16+;5-/m0000/s1. The van der Waals surface area contributed by atoms with E-state index in [1.54, 1.807) is 81.6 Å². The molecule has 5 amide bonds. The van der Waals surface area contributed by atoms with Crippen LogP contribution in [0.2, 0.25) is 0 Å². The summed E-state index contributed by atoms with van der Waals surface area (Å²) in [5, 5.41) is 22.8. The van der Waals surface area contributed by atoms with Gasteiger partial charge in [0.25, 0.3) is 0 Å². The Morgan fingerprint density at radius 2 is 0.990 bits per heavy atom. The second kappa shape index (κ2) is 31.5. The molecule has 3 aromatic carbocycles. The number of H-pyrrole nitrogens is 3. The van der Waals surface area contributed by atoms with E-state index in [4.69, 9.17) is 38.3 Å². The topological polar surface area (TPSA) is 323 Å². The lowest BCUT2D eigenvalue weighted by molar-refractivity contribution is -0.157. The Morgan fingerprint density at radius 3 is 1.42 bits per heavy atom. The number of aromatic nitrogens is 3. The minimum Gasteiger partial charge on any atom is -0.497 e. The van der Waals surface area contributed by atoms with Gasteiger partial charge in [0.2, 0.25) is 17.7 Å². The number of nitrogens with one attached hydrogen (secondary N) is 7. The van der Waals surface area contributed by atoms with Crippen molar-refractivity contribution in [3.63, 3.8) is 0 Å². The number of esters is 2. The molecular weight excluding hydrogens is 1250 g/mol. The highest BCUT2D eigenvalue weighted by Gasteiger charge is 2.48. The van der Waals surface area contributed by atoms with Crippen molar-refractivity contribution in [3.8, 4) is 17.2 Å². The van der Waals surface area contributed by atoms with Crippen LogP contribution in [0.3, 0.4) is 0 Å². The smallest absolute Gasteiger partial charge is 0.408 e. The molecule has 7 heterocycles. The normalized spacial score (nSPS) is 20.2. The molecule has 9 atom stereocenters. The van der Waals surface area contributed by atoms with Crippen molar-refractivity contribution in [2.45, 2.75) is 208 Å². The number of fused-ring (bicyclic) bond motifs is 10. The van der Waals surface area contributed by atoms with Gasteiger partial charge in [-0.05, 0) is 152 Å². The van der Waals surface area contributed by atoms with Crippen LogP contribution in [0.1, 0.15) is 175 Å². The highest BCUT2D eigenvalue weighted by molar-refractivity contribution is 5.99. The Balaban J connectivity index is 0.000000191. The van der Waals surface area contributed by atoms with E-state index in [-0.39, 0.29) is 47.7 Å². The number of nitrogens with zero attached hydrogens (tertiary/aromatic N) is 2. The van der Waals surface area contributed by atoms with Gasteiger partial charge in [0.15, 0.2) is 0 Å². The van der Waals surface area contributed by atoms with E-state index in [1.807, 2.05) is 53.4 Å². The van der Waals surface area contributed by atoms with E-state index in [0.717, 1.165) is 79.6 Å². The van der Waals surface area contributed by atoms with E-state index >= 15 is 0 Å². The van der Waals surface area contributed by atoms with Gasteiger partial charge in [-0.15, -0.1) is 0 Å². The Hall–Kier alpha value is -9.00. The number of hydrogen-bond acceptors (Lipinski definition) is 16. The van der Waals surface area contributed by atoms with Crippen LogP contribution >= 0.6 is 0 Å². The van der Waals surface area contributed by atoms with Crippen molar-refractivity contribution in [3.05, 3.63) is 88.4 Å². The molecule has 4 aliphatic heterocycles. The van der Waals surface area contributed by atoms with E-state index in [0.29, 0.717) is 43.3 Å². The monoisotopic (exact) mass is 1350 g/mol. The molecular formula is C72H101N9O16. The van der Waals surface area contributed by atoms with Crippen LogP contribution < -0.4 is 35.5 Å². The third-order valence-corrected chi connectivity index (χ3v) is 17.2. The van der Waals surface area contributed by atoms with Crippen molar-refractivity contribution in [2.24, 2.45) is 17.8 Å². The molecule has 0 unspecified atom stereocenters. The summed E-state index contributed by atoms with van der Waals surface area (Å²) in [4.78, 5) is 112. The number of methoxy groups -OCH3 is 5. The zero-order chi connectivity index (χ0) is 71.9. The number of rotatable bonds is 15. The quantitative estimate of drug-likeness (QED) is 0.0350. The molecule has 4 aliphatic rings. The van der Waals surface area contributed by atoms with Gasteiger partial charge >= 0.3 is 30.1 Å². The molecule has 0 saturated carbocycles. The fraction of sp³-hybridized carbons (Fsp3) is 0.556. The molecule has 0 radical (unpaired) electrons. The predicted octanol–water partition coefficient (Wildman–Crippen LogP) is 10.6. The molecule has 530 valence electrons. The SMILES string of the molecule is COC(=O)[C@H]1Cc2c([nH]c3cc(OC)ccc23)[C@H](CC(C)C)N1.COC(=O)[C@H]1Cc2c([nH]c3cc(OC)ccc23)[C@H](CC(C)C)N1C(=O)[C@H](C)NC(=O)OC(C)(C)C.COc1ccc2c3c([nH]c2c1)[C@H](CC(C)C)N1C(=O)[C@H](C)NC(=O)[C@H]1C3.C[C@H](NC(=O)OC(C)(C)C)C(=O)O. The first-order valence-electron chi connectivity index (χ1n) is 33.2. The molecule has 1 fully saturated rings. The zero-order valence-corrected chi connectivity index (χ0v) is 59.8. The van der Waals surface area contributed by atoms with Crippen LogP contribution in [0.5, 0.6) is 17.2 Å². The molecule has 25 nitrogen and oxygen atoms in total. The maximum Gasteiger partial charge on any atom is 0.408 e. The predicted molar refractivity (Wildman–Crippen MR) is 367 cm³/mol. The highest BCUT2D eigenvalue weighted by Crippen LogP contribution is 2.44. The number of amides is 5. The zero-order valence-electron chi connectivity index (χ0n) is 59.8. The summed E-state index contributed by atoms with van der Waals surface area (Å²) >= 11 is 0. The second-order valence-corrected chi connectivity index (χ2v) is 28.5. The number of ether oxygens (including phenoxy) is 7. The van der Waals surface area contributed by atoms with Gasteiger partial charge in [-0.3, -0.25) is 29.3 Å². The molecule has 8 N–H and O–H groups in total.